The maximum Gasteiger partial charge on any atom is 0.123 e. The smallest absolute Gasteiger partial charge is 0.123 e. The van der Waals surface area contributed by atoms with Crippen LogP contribution in [-0.4, -0.2) is 25.0 Å². The van der Waals surface area contributed by atoms with Crippen molar-refractivity contribution in [3.8, 4) is 17.6 Å². The summed E-state index contributed by atoms with van der Waals surface area (Å²) >= 11 is 0. The fourth-order valence-electron chi connectivity index (χ4n) is 0.962. The van der Waals surface area contributed by atoms with Gasteiger partial charge >= 0.3 is 0 Å². The van der Waals surface area contributed by atoms with E-state index in [1.807, 2.05) is 0 Å². The van der Waals surface area contributed by atoms with Crippen LogP contribution in [0.1, 0.15) is 5.56 Å². The molecule has 0 atom stereocenters. The standard InChI is InChI=1S/C11H11FO2/c12-6-8-14-11-5-1-3-10(9-11)4-2-7-13/h1,3,5,9,13H,6-8H2. The first-order chi connectivity index (χ1) is 6.86. The third-order valence-electron chi connectivity index (χ3n) is 1.49. The summed E-state index contributed by atoms with van der Waals surface area (Å²) in [5.41, 5.74) is 0.746. The number of hydrogen-bond donors (Lipinski definition) is 1. The molecule has 0 unspecified atom stereocenters. The molecule has 0 saturated heterocycles. The van der Waals surface area contributed by atoms with E-state index in [2.05, 4.69) is 11.8 Å². The molecule has 0 bridgehead atoms. The average Bonchev–Trinajstić information content (AvgIpc) is 2.24. The van der Waals surface area contributed by atoms with Crippen LogP contribution in [0.3, 0.4) is 0 Å². The van der Waals surface area contributed by atoms with Gasteiger partial charge in [0.25, 0.3) is 0 Å². The molecular formula is C11H11FO2. The highest BCUT2D eigenvalue weighted by atomic mass is 19.1. The summed E-state index contributed by atoms with van der Waals surface area (Å²) in [4.78, 5) is 0. The Bertz CT molecular complexity index is 339. The van der Waals surface area contributed by atoms with E-state index < -0.39 is 6.67 Å². The van der Waals surface area contributed by atoms with Gasteiger partial charge in [-0.3, -0.25) is 0 Å². The van der Waals surface area contributed by atoms with E-state index in [1.165, 1.54) is 0 Å². The van der Waals surface area contributed by atoms with Crippen molar-refractivity contribution < 1.29 is 14.2 Å². The zero-order valence-electron chi connectivity index (χ0n) is 7.66. The second-order valence-electron chi connectivity index (χ2n) is 2.53. The molecule has 0 aliphatic heterocycles. The van der Waals surface area contributed by atoms with Gasteiger partial charge in [0.2, 0.25) is 0 Å². The van der Waals surface area contributed by atoms with Crippen LogP contribution in [0.15, 0.2) is 24.3 Å². The number of alkyl halides is 1. The molecule has 3 heteroatoms. The van der Waals surface area contributed by atoms with Crippen molar-refractivity contribution in [3.05, 3.63) is 29.8 Å². The van der Waals surface area contributed by atoms with Gasteiger partial charge in [-0.15, -0.1) is 0 Å². The highest BCUT2D eigenvalue weighted by molar-refractivity contribution is 5.39. The van der Waals surface area contributed by atoms with Gasteiger partial charge in [0.15, 0.2) is 0 Å². The Morgan fingerprint density at radius 1 is 1.43 bits per heavy atom. The van der Waals surface area contributed by atoms with Crippen LogP contribution in [0.5, 0.6) is 5.75 Å². The number of aliphatic hydroxyl groups excluding tert-OH is 1. The Labute approximate surface area is 82.3 Å². The molecule has 2 nitrogen and oxygen atoms in total. The molecule has 14 heavy (non-hydrogen) atoms. The maximum atomic E-state index is 11.8. The Morgan fingerprint density at radius 3 is 3.00 bits per heavy atom. The van der Waals surface area contributed by atoms with Crippen LogP contribution in [0, 0.1) is 11.8 Å². The average molecular weight is 194 g/mol. The van der Waals surface area contributed by atoms with E-state index in [-0.39, 0.29) is 13.2 Å². The molecule has 0 aliphatic carbocycles. The summed E-state index contributed by atoms with van der Waals surface area (Å²) in [6.07, 6.45) is 0. The molecule has 74 valence electrons. The second-order valence-corrected chi connectivity index (χ2v) is 2.53. The first kappa shape index (κ1) is 10.6. The molecule has 0 aromatic heterocycles. The van der Waals surface area contributed by atoms with Crippen LogP contribution in [0.2, 0.25) is 0 Å². The molecule has 0 amide bonds. The van der Waals surface area contributed by atoms with Crippen molar-refractivity contribution in [2.75, 3.05) is 19.9 Å². The van der Waals surface area contributed by atoms with Crippen LogP contribution in [-0.2, 0) is 0 Å². The fourth-order valence-corrected chi connectivity index (χ4v) is 0.962. The Kier molecular flexibility index (Phi) is 4.53. The maximum absolute atomic E-state index is 11.8. The fraction of sp³-hybridized carbons (Fsp3) is 0.273. The molecule has 0 radical (unpaired) electrons. The van der Waals surface area contributed by atoms with E-state index in [1.54, 1.807) is 24.3 Å². The summed E-state index contributed by atoms with van der Waals surface area (Å²) in [5.74, 6) is 5.85. The lowest BCUT2D eigenvalue weighted by Crippen LogP contribution is -1.98. The number of hydrogen-bond acceptors (Lipinski definition) is 2. The predicted molar refractivity (Wildman–Crippen MR) is 51.9 cm³/mol. The lowest BCUT2D eigenvalue weighted by atomic mass is 10.2. The van der Waals surface area contributed by atoms with Crippen molar-refractivity contribution in [1.82, 2.24) is 0 Å². The SMILES string of the molecule is OCC#Cc1cccc(OCCF)c1. The summed E-state index contributed by atoms with van der Waals surface area (Å²) in [6, 6.07) is 7.01. The highest BCUT2D eigenvalue weighted by Gasteiger charge is 1.93. The molecule has 1 rings (SSSR count). The van der Waals surface area contributed by atoms with Crippen LogP contribution in [0.25, 0.3) is 0 Å². The van der Waals surface area contributed by atoms with Gasteiger partial charge < -0.3 is 9.84 Å². The van der Waals surface area contributed by atoms with Crippen molar-refractivity contribution >= 4 is 0 Å². The van der Waals surface area contributed by atoms with E-state index in [0.717, 1.165) is 5.56 Å². The van der Waals surface area contributed by atoms with Crippen molar-refractivity contribution in [2.24, 2.45) is 0 Å². The number of halogens is 1. The van der Waals surface area contributed by atoms with Crippen LogP contribution >= 0.6 is 0 Å². The molecule has 1 aromatic rings. The van der Waals surface area contributed by atoms with Crippen LogP contribution < -0.4 is 4.74 Å². The Hall–Kier alpha value is -1.53. The van der Waals surface area contributed by atoms with Gasteiger partial charge in [0, 0.05) is 5.56 Å². The number of ether oxygens (including phenoxy) is 1. The third-order valence-corrected chi connectivity index (χ3v) is 1.49. The first-order valence-corrected chi connectivity index (χ1v) is 4.25. The minimum atomic E-state index is -0.507. The molecule has 1 N–H and O–H groups in total. The lowest BCUT2D eigenvalue weighted by molar-refractivity contribution is 0.273. The van der Waals surface area contributed by atoms with Gasteiger partial charge in [-0.2, -0.15) is 0 Å². The van der Waals surface area contributed by atoms with Gasteiger partial charge in [-0.25, -0.2) is 4.39 Å². The predicted octanol–water partition coefficient (Wildman–Crippen LogP) is 1.38. The zero-order valence-corrected chi connectivity index (χ0v) is 7.66. The van der Waals surface area contributed by atoms with Gasteiger partial charge in [-0.05, 0) is 18.2 Å². The first-order valence-electron chi connectivity index (χ1n) is 4.25. The van der Waals surface area contributed by atoms with Crippen molar-refractivity contribution in [2.45, 2.75) is 0 Å². The number of aliphatic hydroxyl groups is 1. The number of rotatable bonds is 3. The minimum Gasteiger partial charge on any atom is -0.491 e. The van der Waals surface area contributed by atoms with Gasteiger partial charge in [-0.1, -0.05) is 17.9 Å². The minimum absolute atomic E-state index is 0.0525. The van der Waals surface area contributed by atoms with E-state index in [9.17, 15) is 4.39 Å². The summed E-state index contributed by atoms with van der Waals surface area (Å²) in [6.45, 7) is -0.626. The zero-order chi connectivity index (χ0) is 10.2. The Balaban J connectivity index is 2.68. The highest BCUT2D eigenvalue weighted by Crippen LogP contribution is 2.12. The topological polar surface area (TPSA) is 29.5 Å². The number of benzene rings is 1. The molecule has 0 heterocycles. The molecule has 0 fully saturated rings. The summed E-state index contributed by atoms with van der Waals surface area (Å²) in [7, 11) is 0. The molecule has 0 aliphatic rings. The normalized spacial score (nSPS) is 9.00. The Morgan fingerprint density at radius 2 is 2.29 bits per heavy atom. The molecule has 0 spiro atoms. The van der Waals surface area contributed by atoms with Crippen molar-refractivity contribution in [1.29, 1.82) is 0 Å². The van der Waals surface area contributed by atoms with E-state index in [4.69, 9.17) is 9.84 Å². The molecule has 0 saturated carbocycles. The quantitative estimate of drug-likeness (QED) is 0.736. The third kappa shape index (κ3) is 3.46. The summed E-state index contributed by atoms with van der Waals surface area (Å²) in [5, 5.41) is 8.48. The van der Waals surface area contributed by atoms with Crippen molar-refractivity contribution in [3.63, 3.8) is 0 Å². The summed E-state index contributed by atoms with van der Waals surface area (Å²) < 4.78 is 16.9. The van der Waals surface area contributed by atoms with E-state index >= 15 is 0 Å². The van der Waals surface area contributed by atoms with Gasteiger partial charge in [0.05, 0.1) is 0 Å². The van der Waals surface area contributed by atoms with E-state index in [0.29, 0.717) is 5.75 Å². The molecular weight excluding hydrogens is 183 g/mol. The monoisotopic (exact) mass is 194 g/mol. The van der Waals surface area contributed by atoms with Crippen LogP contribution in [0.4, 0.5) is 4.39 Å². The largest absolute Gasteiger partial charge is 0.491 e. The second kappa shape index (κ2) is 6.01. The lowest BCUT2D eigenvalue weighted by Gasteiger charge is -2.02. The molecule has 1 aromatic carbocycles. The van der Waals surface area contributed by atoms with Gasteiger partial charge in [0.1, 0.15) is 25.6 Å².